The summed E-state index contributed by atoms with van der Waals surface area (Å²) in [6.07, 6.45) is -1.31. The van der Waals surface area contributed by atoms with Crippen molar-refractivity contribution in [2.75, 3.05) is 40.0 Å². The van der Waals surface area contributed by atoms with Gasteiger partial charge in [0.2, 0.25) is 0 Å². The number of benzene rings is 2. The Morgan fingerprint density at radius 1 is 1.03 bits per heavy atom. The van der Waals surface area contributed by atoms with E-state index in [1.54, 1.807) is 19.2 Å². The number of sulfone groups is 1. The molecule has 0 N–H and O–H groups in total. The van der Waals surface area contributed by atoms with Crippen molar-refractivity contribution in [1.29, 1.82) is 0 Å². The Balaban J connectivity index is 1.61. The van der Waals surface area contributed by atoms with E-state index in [4.69, 9.17) is 18.9 Å². The molecule has 0 radical (unpaired) electrons. The summed E-state index contributed by atoms with van der Waals surface area (Å²) in [4.78, 5) is 2.41. The van der Waals surface area contributed by atoms with E-state index in [2.05, 4.69) is 4.90 Å². The van der Waals surface area contributed by atoms with E-state index >= 15 is 0 Å². The SMILES string of the molecule is CO[C@@H]1O[C@H](COCc2ccccc2)[C@@H](S(=O)(=O)c2ccc(C)cc2)[C@@H]1N1CCOCC1. The van der Waals surface area contributed by atoms with Crippen LogP contribution in [0.5, 0.6) is 0 Å². The minimum absolute atomic E-state index is 0.158. The van der Waals surface area contributed by atoms with E-state index < -0.39 is 33.5 Å². The third-order valence-corrected chi connectivity index (χ3v) is 8.32. The van der Waals surface area contributed by atoms with Crippen molar-refractivity contribution in [3.05, 3.63) is 65.7 Å². The van der Waals surface area contributed by atoms with Crippen molar-refractivity contribution in [3.63, 3.8) is 0 Å². The Morgan fingerprint density at radius 2 is 1.72 bits per heavy atom. The fourth-order valence-corrected chi connectivity index (χ4v) is 6.46. The lowest BCUT2D eigenvalue weighted by molar-refractivity contribution is -0.152. The fraction of sp³-hybridized carbons (Fsp3) is 0.500. The summed E-state index contributed by atoms with van der Waals surface area (Å²) in [5, 5.41) is -0.816. The molecule has 0 saturated carbocycles. The van der Waals surface area contributed by atoms with Gasteiger partial charge >= 0.3 is 0 Å². The summed E-state index contributed by atoms with van der Waals surface area (Å²) in [5.41, 5.74) is 2.03. The number of hydrogen-bond donors (Lipinski definition) is 0. The second kappa shape index (κ2) is 10.4. The molecule has 2 aliphatic rings. The molecule has 2 aromatic rings. The average molecular weight is 462 g/mol. The second-order valence-electron chi connectivity index (χ2n) is 8.24. The standard InChI is InChI=1S/C24H31NO6S/c1-18-8-10-20(11-9-18)32(26,27)23-21(17-30-16-19-6-4-3-5-7-19)31-24(28-2)22(23)25-12-14-29-15-13-25/h3-11,21-24H,12-17H2,1-2H3/t21-,22+,23-,24-/m1/s1. The Bertz CT molecular complexity index is 960. The molecule has 0 aromatic heterocycles. The van der Waals surface area contributed by atoms with Gasteiger partial charge in [0, 0.05) is 20.2 Å². The first-order chi connectivity index (χ1) is 15.5. The van der Waals surface area contributed by atoms with E-state index in [0.717, 1.165) is 11.1 Å². The normalized spacial score (nSPS) is 26.9. The lowest BCUT2D eigenvalue weighted by Crippen LogP contribution is -2.55. The van der Waals surface area contributed by atoms with Crippen LogP contribution in [0.2, 0.25) is 0 Å². The van der Waals surface area contributed by atoms with Crippen LogP contribution >= 0.6 is 0 Å². The molecular weight excluding hydrogens is 430 g/mol. The third-order valence-electron chi connectivity index (χ3n) is 6.09. The predicted molar refractivity (Wildman–Crippen MR) is 120 cm³/mol. The molecule has 4 atom stereocenters. The van der Waals surface area contributed by atoms with Crippen LogP contribution in [-0.2, 0) is 35.4 Å². The maximum absolute atomic E-state index is 13.9. The Hall–Kier alpha value is -1.81. The summed E-state index contributed by atoms with van der Waals surface area (Å²) in [6, 6.07) is 16.3. The topological polar surface area (TPSA) is 74.3 Å². The second-order valence-corrected chi connectivity index (χ2v) is 10.3. The van der Waals surface area contributed by atoms with Crippen molar-refractivity contribution in [3.8, 4) is 0 Å². The third kappa shape index (κ3) is 5.06. The smallest absolute Gasteiger partial charge is 0.185 e. The van der Waals surface area contributed by atoms with E-state index in [1.807, 2.05) is 49.4 Å². The van der Waals surface area contributed by atoms with Crippen molar-refractivity contribution < 1.29 is 27.4 Å². The highest BCUT2D eigenvalue weighted by Crippen LogP contribution is 2.35. The zero-order chi connectivity index (χ0) is 22.6. The quantitative estimate of drug-likeness (QED) is 0.598. The lowest BCUT2D eigenvalue weighted by atomic mass is 10.1. The fourth-order valence-electron chi connectivity index (χ4n) is 4.43. The van der Waals surface area contributed by atoms with Crippen molar-refractivity contribution >= 4 is 9.84 Å². The molecule has 4 rings (SSSR count). The molecule has 0 aliphatic carbocycles. The van der Waals surface area contributed by atoms with Gasteiger partial charge in [0.15, 0.2) is 16.1 Å². The van der Waals surface area contributed by atoms with Gasteiger partial charge in [-0.05, 0) is 24.6 Å². The number of aryl methyl sites for hydroxylation is 1. The first kappa shape index (κ1) is 23.4. The number of hydrogen-bond acceptors (Lipinski definition) is 7. The van der Waals surface area contributed by atoms with Crippen LogP contribution in [0.3, 0.4) is 0 Å². The Labute approximate surface area is 190 Å². The van der Waals surface area contributed by atoms with Gasteiger partial charge < -0.3 is 18.9 Å². The minimum atomic E-state index is -3.71. The van der Waals surface area contributed by atoms with Crippen LogP contribution in [0.25, 0.3) is 0 Å². The van der Waals surface area contributed by atoms with Crippen molar-refractivity contribution in [2.24, 2.45) is 0 Å². The Morgan fingerprint density at radius 3 is 2.38 bits per heavy atom. The zero-order valence-corrected chi connectivity index (χ0v) is 19.4. The minimum Gasteiger partial charge on any atom is -0.379 e. The van der Waals surface area contributed by atoms with Crippen LogP contribution < -0.4 is 0 Å². The molecule has 2 aliphatic heterocycles. The average Bonchev–Trinajstić information content (AvgIpc) is 3.20. The molecule has 32 heavy (non-hydrogen) atoms. The van der Waals surface area contributed by atoms with Gasteiger partial charge in [-0.25, -0.2) is 8.42 Å². The van der Waals surface area contributed by atoms with Crippen LogP contribution in [0, 0.1) is 6.92 Å². The largest absolute Gasteiger partial charge is 0.379 e. The van der Waals surface area contributed by atoms with Gasteiger partial charge in [-0.2, -0.15) is 0 Å². The molecule has 0 unspecified atom stereocenters. The maximum Gasteiger partial charge on any atom is 0.185 e. The Kier molecular flexibility index (Phi) is 7.60. The molecular formula is C24H31NO6S. The van der Waals surface area contributed by atoms with Crippen LogP contribution in [0.1, 0.15) is 11.1 Å². The van der Waals surface area contributed by atoms with Gasteiger partial charge in [0.25, 0.3) is 0 Å². The number of rotatable bonds is 8. The zero-order valence-electron chi connectivity index (χ0n) is 18.6. The maximum atomic E-state index is 13.9. The van der Waals surface area contributed by atoms with Gasteiger partial charge in [0.1, 0.15) is 11.4 Å². The number of morpholine rings is 1. The van der Waals surface area contributed by atoms with Crippen LogP contribution in [0.15, 0.2) is 59.5 Å². The molecule has 2 fully saturated rings. The number of nitrogens with zero attached hydrogens (tertiary/aromatic N) is 1. The molecule has 0 amide bonds. The first-order valence-corrected chi connectivity index (χ1v) is 12.5. The molecule has 0 bridgehead atoms. The highest BCUT2D eigenvalue weighted by Gasteiger charge is 2.54. The summed E-state index contributed by atoms with van der Waals surface area (Å²) < 4.78 is 50.9. The molecule has 8 heteroatoms. The van der Waals surface area contributed by atoms with Crippen LogP contribution in [0.4, 0.5) is 0 Å². The highest BCUT2D eigenvalue weighted by atomic mass is 32.2. The van der Waals surface area contributed by atoms with E-state index in [0.29, 0.717) is 37.8 Å². The molecule has 2 saturated heterocycles. The van der Waals surface area contributed by atoms with Gasteiger partial charge in [-0.1, -0.05) is 48.0 Å². The van der Waals surface area contributed by atoms with Crippen LogP contribution in [-0.4, -0.2) is 77.0 Å². The first-order valence-electron chi connectivity index (χ1n) is 10.9. The molecule has 2 heterocycles. The summed E-state index contributed by atoms with van der Waals surface area (Å²) in [6.45, 7) is 4.85. The molecule has 2 aromatic carbocycles. The van der Waals surface area contributed by atoms with E-state index in [9.17, 15) is 8.42 Å². The molecule has 0 spiro atoms. The predicted octanol–water partition coefficient (Wildman–Crippen LogP) is 2.43. The van der Waals surface area contributed by atoms with Crippen molar-refractivity contribution in [2.45, 2.75) is 42.1 Å². The number of methoxy groups -OCH3 is 1. The van der Waals surface area contributed by atoms with Gasteiger partial charge in [-0.15, -0.1) is 0 Å². The van der Waals surface area contributed by atoms with E-state index in [-0.39, 0.29) is 6.61 Å². The van der Waals surface area contributed by atoms with Gasteiger partial charge in [0.05, 0.1) is 37.4 Å². The highest BCUT2D eigenvalue weighted by molar-refractivity contribution is 7.92. The molecule has 7 nitrogen and oxygen atoms in total. The van der Waals surface area contributed by atoms with Crippen molar-refractivity contribution in [1.82, 2.24) is 4.90 Å². The van der Waals surface area contributed by atoms with Gasteiger partial charge in [-0.3, -0.25) is 4.90 Å². The summed E-state index contributed by atoms with van der Waals surface area (Å²) in [5.74, 6) is 0. The molecule has 174 valence electrons. The van der Waals surface area contributed by atoms with E-state index in [1.165, 1.54) is 0 Å². The lowest BCUT2D eigenvalue weighted by Gasteiger charge is -2.36. The summed E-state index contributed by atoms with van der Waals surface area (Å²) >= 11 is 0. The monoisotopic (exact) mass is 461 g/mol. The number of ether oxygens (including phenoxy) is 4. The summed E-state index contributed by atoms with van der Waals surface area (Å²) in [7, 11) is -2.15.